The second-order valence-electron chi connectivity index (χ2n) is 29.9. The largest absolute Gasteiger partial charge is 0.482 e. The molecule has 6 aromatic heterocycles. The van der Waals surface area contributed by atoms with E-state index in [4.69, 9.17) is 29.2 Å². The average molecular weight is 1500 g/mol. The SMILES string of the molecule is CC(C)(C)OC(=O)N1CCC(c2nc(-c3ccc4c(c3)/C(=C/c3cc5ccccc5[nH]3)C(=O)N4)cs2)CC1.CC(C)(C)OC(=O)N1CCC(c2nc(-c3ccc4c(c3)CC(=O)N4)cs2)CC1.COc1cc2ccccc2[nH]1.O=C1Nc2ccc(-c3csc(C4CCNCC4)n3)cc2/C1=C/c1cc2ccccc2[nH]1. The third kappa shape index (κ3) is 16.7. The van der Waals surface area contributed by atoms with Gasteiger partial charge in [0.25, 0.3) is 11.8 Å². The molecule has 5 amide bonds. The number of anilines is 3. The van der Waals surface area contributed by atoms with Crippen molar-refractivity contribution < 1.29 is 38.2 Å². The van der Waals surface area contributed by atoms with Gasteiger partial charge in [-0.3, -0.25) is 14.4 Å². The van der Waals surface area contributed by atoms with Crippen molar-refractivity contribution in [2.75, 3.05) is 62.3 Å². The molecule has 3 fully saturated rings. The Morgan fingerprint density at radius 1 is 0.472 bits per heavy atom. The van der Waals surface area contributed by atoms with Crippen molar-refractivity contribution in [3.63, 3.8) is 0 Å². The molecule has 3 saturated heterocycles. The number of methoxy groups -OCH3 is 1. The number of likely N-dealkylation sites (tertiary alicyclic amines) is 2. The number of thiazole rings is 3. The van der Waals surface area contributed by atoms with Crippen molar-refractivity contribution in [1.82, 2.24) is 45.0 Å². The Morgan fingerprint density at radius 3 is 1.29 bits per heavy atom. The molecule has 108 heavy (non-hydrogen) atoms. The molecule has 7 N–H and O–H groups in total. The van der Waals surface area contributed by atoms with Crippen LogP contribution in [0.2, 0.25) is 0 Å². The van der Waals surface area contributed by atoms with E-state index in [9.17, 15) is 24.0 Å². The van der Waals surface area contributed by atoms with Gasteiger partial charge in [-0.15, -0.1) is 34.0 Å². The van der Waals surface area contributed by atoms with E-state index in [0.29, 0.717) is 61.5 Å². The van der Waals surface area contributed by atoms with E-state index in [2.05, 4.69) is 88.8 Å². The van der Waals surface area contributed by atoms with Gasteiger partial charge in [0.1, 0.15) is 11.2 Å². The smallest absolute Gasteiger partial charge is 0.410 e. The standard InChI is InChI=1S/C30H30N4O3S.C25H22N4OS.C21H25N3O3S.C9H9NO/c1-30(2,3)37-29(36)34-12-10-18(11-13-34)28-33-26(17-38-28)20-8-9-25-22(15-20)23(27(35)32-25)16-21-14-19-6-4-5-7-24(19)31-21;30-24-20(13-18-11-16-3-1-2-4-21(16)27-18)19-12-17(5-6-22(19)28-24)23-14-31-25(29-23)15-7-9-26-10-8-15;1-21(2,3)27-20(26)24-8-6-13(7-9-24)19-23-17(12-28-19)14-4-5-16-15(10-14)11-18(25)22-16;1-11-9-6-7-4-2-3-5-8(7)10-9/h4-9,14-18,31H,10-13H2,1-3H3,(H,32,35);1-6,11-15,26-27H,7-10H2,(H,28,30);4-5,10,12-13H,6-9,11H2,1-3H3,(H,22,25);2-6,10H,1H3/b23-16-;20-13-;;. The number of nitrogens with zero attached hydrogens (tertiary/aromatic N) is 5. The lowest BCUT2D eigenvalue weighted by atomic mass is 9.97. The van der Waals surface area contributed by atoms with Crippen LogP contribution in [0.1, 0.15) is 141 Å². The fourth-order valence-electron chi connectivity index (χ4n) is 14.3. The summed E-state index contributed by atoms with van der Waals surface area (Å²) < 4.78 is 16.0. The van der Waals surface area contributed by atoms with E-state index in [0.717, 1.165) is 174 Å². The summed E-state index contributed by atoms with van der Waals surface area (Å²) in [5, 5.41) is 25.4. The highest BCUT2D eigenvalue weighted by molar-refractivity contribution is 7.10. The number of aromatic amines is 3. The Hall–Kier alpha value is -11.0. The van der Waals surface area contributed by atoms with Crippen LogP contribution >= 0.6 is 34.0 Å². The first kappa shape index (κ1) is 72.6. The quantitative estimate of drug-likeness (QED) is 0.0666. The lowest BCUT2D eigenvalue weighted by molar-refractivity contribution is -0.115. The van der Waals surface area contributed by atoms with E-state index in [1.807, 2.05) is 163 Å². The van der Waals surface area contributed by atoms with Gasteiger partial charge < -0.3 is 60.2 Å². The summed E-state index contributed by atoms with van der Waals surface area (Å²) in [6, 6.07) is 48.5. The van der Waals surface area contributed by atoms with Gasteiger partial charge in [0, 0.05) is 144 Å². The van der Waals surface area contributed by atoms with E-state index >= 15 is 0 Å². The predicted octanol–water partition coefficient (Wildman–Crippen LogP) is 18.7. The fraction of sp³-hybridized carbons (Fsp3) is 0.294. The molecule has 0 atom stereocenters. The molecular formula is C85H86N12O8S3. The molecule has 6 aliphatic rings. The Morgan fingerprint density at radius 2 is 0.870 bits per heavy atom. The molecule has 0 saturated carbocycles. The van der Waals surface area contributed by atoms with Crippen molar-refractivity contribution in [2.24, 2.45) is 0 Å². The van der Waals surface area contributed by atoms with Gasteiger partial charge in [0.15, 0.2) is 5.88 Å². The van der Waals surface area contributed by atoms with Crippen molar-refractivity contribution in [2.45, 2.75) is 115 Å². The number of amides is 5. The Bertz CT molecular complexity index is 5330. The molecule has 552 valence electrons. The molecule has 12 aromatic rings. The number of para-hydroxylation sites is 3. The molecule has 20 nitrogen and oxygen atoms in total. The Balaban J connectivity index is 0.000000121. The first-order valence-electron chi connectivity index (χ1n) is 36.8. The van der Waals surface area contributed by atoms with Crippen LogP contribution in [0.5, 0.6) is 5.88 Å². The van der Waals surface area contributed by atoms with Crippen LogP contribution in [0.4, 0.5) is 26.7 Å². The molecule has 12 heterocycles. The van der Waals surface area contributed by atoms with Gasteiger partial charge in [-0.05, 0) is 188 Å². The number of carbonyl (C=O) groups excluding carboxylic acids is 5. The van der Waals surface area contributed by atoms with Crippen molar-refractivity contribution in [3.05, 3.63) is 205 Å². The highest BCUT2D eigenvalue weighted by Gasteiger charge is 2.33. The van der Waals surface area contributed by atoms with Crippen LogP contribution in [-0.2, 0) is 30.3 Å². The molecule has 0 radical (unpaired) electrons. The zero-order valence-corrected chi connectivity index (χ0v) is 63.8. The number of hydrogen-bond acceptors (Lipinski definition) is 15. The molecule has 18 rings (SSSR count). The number of H-pyrrole nitrogens is 3. The number of nitrogens with one attached hydrogen (secondary N) is 7. The van der Waals surface area contributed by atoms with Gasteiger partial charge >= 0.3 is 12.2 Å². The highest BCUT2D eigenvalue weighted by atomic mass is 32.1. The molecule has 0 unspecified atom stereocenters. The number of benzene rings is 6. The maximum absolute atomic E-state index is 12.8. The molecule has 0 bridgehead atoms. The maximum atomic E-state index is 12.8. The van der Waals surface area contributed by atoms with Crippen LogP contribution in [0.15, 0.2) is 162 Å². The monoisotopic (exact) mass is 1500 g/mol. The average Bonchev–Trinajstić information content (AvgIpc) is 1.63. The molecule has 6 aliphatic heterocycles. The van der Waals surface area contributed by atoms with Crippen molar-refractivity contribution >= 4 is 137 Å². The number of fused-ring (bicyclic) bond motifs is 6. The van der Waals surface area contributed by atoms with Crippen molar-refractivity contribution in [1.29, 1.82) is 0 Å². The second kappa shape index (κ2) is 31.1. The number of carbonyl (C=O) groups is 5. The third-order valence-electron chi connectivity index (χ3n) is 19.9. The summed E-state index contributed by atoms with van der Waals surface area (Å²) in [7, 11) is 1.66. The predicted molar refractivity (Wildman–Crippen MR) is 434 cm³/mol. The van der Waals surface area contributed by atoms with E-state index < -0.39 is 11.2 Å². The molecule has 23 heteroatoms. The molecule has 6 aromatic carbocycles. The van der Waals surface area contributed by atoms with E-state index in [-0.39, 0.29) is 29.9 Å². The van der Waals surface area contributed by atoms with E-state index in [1.165, 1.54) is 10.4 Å². The summed E-state index contributed by atoms with van der Waals surface area (Å²) in [6.45, 7) is 16.2. The topological polar surface area (TPSA) is 254 Å². The van der Waals surface area contributed by atoms with Crippen LogP contribution in [0.3, 0.4) is 0 Å². The summed E-state index contributed by atoms with van der Waals surface area (Å²) in [5.41, 5.74) is 16.7. The first-order valence-corrected chi connectivity index (χ1v) is 39.4. The lowest BCUT2D eigenvalue weighted by Crippen LogP contribution is -2.41. The second-order valence-corrected chi connectivity index (χ2v) is 32.6. The zero-order chi connectivity index (χ0) is 74.8. The lowest BCUT2D eigenvalue weighted by Gasteiger charge is -2.32. The van der Waals surface area contributed by atoms with Gasteiger partial charge in [0.2, 0.25) is 5.91 Å². The number of ether oxygens (including phenoxy) is 3. The zero-order valence-electron chi connectivity index (χ0n) is 61.4. The number of piperidine rings is 3. The van der Waals surface area contributed by atoms with Crippen LogP contribution in [0, 0.1) is 0 Å². The minimum atomic E-state index is -0.487. The van der Waals surface area contributed by atoms with Crippen molar-refractivity contribution in [3.8, 4) is 39.7 Å². The Labute approximate surface area is 638 Å². The van der Waals surface area contributed by atoms with Gasteiger partial charge in [-0.25, -0.2) is 24.5 Å². The van der Waals surface area contributed by atoms with Crippen LogP contribution in [-0.4, -0.2) is 127 Å². The number of rotatable bonds is 9. The summed E-state index contributed by atoms with van der Waals surface area (Å²) in [5.74, 6) is 1.92. The van der Waals surface area contributed by atoms with Gasteiger partial charge in [-0.1, -0.05) is 72.8 Å². The Kier molecular flexibility index (Phi) is 20.9. The minimum Gasteiger partial charge on any atom is -0.482 e. The summed E-state index contributed by atoms with van der Waals surface area (Å²) >= 11 is 5.09. The number of aromatic nitrogens is 6. The third-order valence-corrected chi connectivity index (χ3v) is 22.9. The fourth-order valence-corrected chi connectivity index (χ4v) is 17.3. The van der Waals surface area contributed by atoms with E-state index in [1.54, 1.807) is 50.9 Å². The normalized spacial score (nSPS) is 16.8. The molecule has 0 aliphatic carbocycles. The minimum absolute atomic E-state index is 0.0443. The highest BCUT2D eigenvalue weighted by Crippen LogP contribution is 2.42. The molecular weight excluding hydrogens is 1410 g/mol. The van der Waals surface area contributed by atoms with Gasteiger partial charge in [-0.2, -0.15) is 0 Å². The number of hydrogen-bond donors (Lipinski definition) is 7. The van der Waals surface area contributed by atoms with Crippen LogP contribution < -0.4 is 26.0 Å². The molecule has 0 spiro atoms. The van der Waals surface area contributed by atoms with Crippen LogP contribution in [0.25, 0.3) is 89.8 Å². The first-order chi connectivity index (χ1) is 52.2. The summed E-state index contributed by atoms with van der Waals surface area (Å²) in [4.78, 5) is 89.9. The maximum Gasteiger partial charge on any atom is 0.410 e. The summed E-state index contributed by atoms with van der Waals surface area (Å²) in [6.07, 6.45) is 9.63. The van der Waals surface area contributed by atoms with Gasteiger partial charge in [0.05, 0.1) is 56.8 Å².